The number of hydrogen-bond acceptors (Lipinski definition) is 2. The predicted octanol–water partition coefficient (Wildman–Crippen LogP) is 1.68. The van der Waals surface area contributed by atoms with Crippen molar-refractivity contribution in [2.24, 2.45) is 0 Å². The van der Waals surface area contributed by atoms with Gasteiger partial charge in [-0.1, -0.05) is 30.3 Å². The second kappa shape index (κ2) is 6.19. The molecule has 3 nitrogen and oxygen atoms in total. The van der Waals surface area contributed by atoms with Crippen LogP contribution in [0.1, 0.15) is 18.9 Å². The fraction of sp³-hybridized carbons (Fsp3) is 0.417. The van der Waals surface area contributed by atoms with Gasteiger partial charge in [0.05, 0.1) is 0 Å². The van der Waals surface area contributed by atoms with Crippen LogP contribution < -0.4 is 5.32 Å². The van der Waals surface area contributed by atoms with Crippen molar-refractivity contribution in [3.05, 3.63) is 35.9 Å². The molecule has 1 rings (SSSR count). The fourth-order valence-electron chi connectivity index (χ4n) is 1.34. The van der Waals surface area contributed by atoms with Crippen LogP contribution in [0.3, 0.4) is 0 Å². The van der Waals surface area contributed by atoms with Crippen LogP contribution in [0.25, 0.3) is 0 Å². The maximum atomic E-state index is 10.5. The smallest absolute Gasteiger partial charge is 0.320 e. The fourth-order valence-corrected chi connectivity index (χ4v) is 1.34. The molecule has 1 atom stereocenters. The zero-order valence-electron chi connectivity index (χ0n) is 8.94. The van der Waals surface area contributed by atoms with E-state index in [1.807, 2.05) is 18.2 Å². The number of carbonyl (C=O) groups is 1. The normalized spacial score (nSPS) is 12.3. The van der Waals surface area contributed by atoms with Crippen LogP contribution in [-0.4, -0.2) is 23.7 Å². The molecule has 0 radical (unpaired) electrons. The Morgan fingerprint density at radius 3 is 2.67 bits per heavy atom. The largest absolute Gasteiger partial charge is 0.480 e. The second-order valence-corrected chi connectivity index (χ2v) is 3.60. The number of carboxylic acid groups (broad SMARTS) is 1. The van der Waals surface area contributed by atoms with Crippen molar-refractivity contribution < 1.29 is 9.90 Å². The van der Waals surface area contributed by atoms with Crippen molar-refractivity contribution in [3.63, 3.8) is 0 Å². The van der Waals surface area contributed by atoms with Gasteiger partial charge in [-0.15, -0.1) is 0 Å². The van der Waals surface area contributed by atoms with Gasteiger partial charge in [0.2, 0.25) is 0 Å². The monoisotopic (exact) mass is 207 g/mol. The summed E-state index contributed by atoms with van der Waals surface area (Å²) in [5.41, 5.74) is 1.29. The average molecular weight is 207 g/mol. The maximum Gasteiger partial charge on any atom is 0.320 e. The minimum atomic E-state index is -0.797. The minimum Gasteiger partial charge on any atom is -0.480 e. The first-order valence-corrected chi connectivity index (χ1v) is 5.20. The highest BCUT2D eigenvalue weighted by Gasteiger charge is 2.07. The van der Waals surface area contributed by atoms with E-state index in [0.717, 1.165) is 19.4 Å². The number of aliphatic carboxylic acids is 1. The summed E-state index contributed by atoms with van der Waals surface area (Å²) >= 11 is 0. The Labute approximate surface area is 90.1 Å². The average Bonchev–Trinajstić information content (AvgIpc) is 2.25. The highest BCUT2D eigenvalue weighted by atomic mass is 16.4. The molecule has 2 N–H and O–H groups in total. The van der Waals surface area contributed by atoms with Crippen LogP contribution in [0.4, 0.5) is 0 Å². The van der Waals surface area contributed by atoms with Gasteiger partial charge < -0.3 is 10.4 Å². The lowest BCUT2D eigenvalue weighted by Gasteiger charge is -2.08. The Balaban J connectivity index is 2.15. The summed E-state index contributed by atoms with van der Waals surface area (Å²) in [6, 6.07) is 9.74. The van der Waals surface area contributed by atoms with Gasteiger partial charge in [-0.05, 0) is 31.9 Å². The van der Waals surface area contributed by atoms with Crippen molar-refractivity contribution in [1.29, 1.82) is 0 Å². The number of carboxylic acids is 1. The van der Waals surface area contributed by atoms with E-state index in [2.05, 4.69) is 17.4 Å². The van der Waals surface area contributed by atoms with Crippen LogP contribution >= 0.6 is 0 Å². The van der Waals surface area contributed by atoms with E-state index < -0.39 is 12.0 Å². The second-order valence-electron chi connectivity index (χ2n) is 3.60. The van der Waals surface area contributed by atoms with E-state index in [4.69, 9.17) is 5.11 Å². The Morgan fingerprint density at radius 2 is 2.07 bits per heavy atom. The maximum absolute atomic E-state index is 10.5. The summed E-state index contributed by atoms with van der Waals surface area (Å²) in [6.07, 6.45) is 1.95. The van der Waals surface area contributed by atoms with Gasteiger partial charge in [0.25, 0.3) is 0 Å². The van der Waals surface area contributed by atoms with Gasteiger partial charge in [0.1, 0.15) is 6.04 Å². The topological polar surface area (TPSA) is 49.3 Å². The first-order valence-electron chi connectivity index (χ1n) is 5.20. The van der Waals surface area contributed by atoms with Gasteiger partial charge in [-0.3, -0.25) is 4.79 Å². The Kier molecular flexibility index (Phi) is 4.84. The Hall–Kier alpha value is -1.35. The van der Waals surface area contributed by atoms with Crippen molar-refractivity contribution in [2.75, 3.05) is 6.54 Å². The molecule has 15 heavy (non-hydrogen) atoms. The molecule has 82 valence electrons. The molecular weight excluding hydrogens is 190 g/mol. The third-order valence-electron chi connectivity index (χ3n) is 2.31. The number of nitrogens with one attached hydrogen (secondary N) is 1. The summed E-state index contributed by atoms with van der Waals surface area (Å²) in [6.45, 7) is 2.40. The first-order chi connectivity index (χ1) is 7.20. The molecule has 0 saturated heterocycles. The molecule has 0 aliphatic heterocycles. The Morgan fingerprint density at radius 1 is 1.40 bits per heavy atom. The molecule has 0 unspecified atom stereocenters. The third-order valence-corrected chi connectivity index (χ3v) is 2.31. The zero-order chi connectivity index (χ0) is 11.1. The summed E-state index contributed by atoms with van der Waals surface area (Å²) in [5, 5.41) is 11.6. The van der Waals surface area contributed by atoms with E-state index in [-0.39, 0.29) is 0 Å². The molecule has 0 amide bonds. The molecule has 0 spiro atoms. The third kappa shape index (κ3) is 4.61. The van der Waals surface area contributed by atoms with Crippen LogP contribution in [0.2, 0.25) is 0 Å². The molecular formula is C12H17NO2. The lowest BCUT2D eigenvalue weighted by molar-refractivity contribution is -0.138. The standard InChI is InChI=1S/C12H17NO2/c1-10(12(14)15)13-9-5-8-11-6-3-2-4-7-11/h2-4,6-7,10,13H,5,8-9H2,1H3,(H,14,15)/t10-/m0/s1. The highest BCUT2D eigenvalue weighted by Crippen LogP contribution is 2.01. The minimum absolute atomic E-state index is 0.458. The molecule has 0 aromatic heterocycles. The molecule has 0 bridgehead atoms. The summed E-state index contributed by atoms with van der Waals surface area (Å²) in [5.74, 6) is -0.797. The van der Waals surface area contributed by atoms with Crippen molar-refractivity contribution >= 4 is 5.97 Å². The first kappa shape index (κ1) is 11.7. The van der Waals surface area contributed by atoms with Crippen LogP contribution in [0, 0.1) is 0 Å². The molecule has 0 fully saturated rings. The SMILES string of the molecule is C[C@H](NCCCc1ccccc1)C(=O)O. The molecule has 0 aliphatic rings. The van der Waals surface area contributed by atoms with Crippen LogP contribution in [-0.2, 0) is 11.2 Å². The lowest BCUT2D eigenvalue weighted by atomic mass is 10.1. The van der Waals surface area contributed by atoms with E-state index in [1.165, 1.54) is 5.56 Å². The van der Waals surface area contributed by atoms with Crippen molar-refractivity contribution in [2.45, 2.75) is 25.8 Å². The summed E-state index contributed by atoms with van der Waals surface area (Å²) in [4.78, 5) is 10.5. The van der Waals surface area contributed by atoms with Gasteiger partial charge in [0, 0.05) is 0 Å². The van der Waals surface area contributed by atoms with Gasteiger partial charge in [-0.2, -0.15) is 0 Å². The number of rotatable bonds is 6. The van der Waals surface area contributed by atoms with E-state index in [9.17, 15) is 4.79 Å². The lowest BCUT2D eigenvalue weighted by Crippen LogP contribution is -2.34. The molecule has 1 aromatic carbocycles. The van der Waals surface area contributed by atoms with Crippen molar-refractivity contribution in [3.8, 4) is 0 Å². The van der Waals surface area contributed by atoms with Crippen molar-refractivity contribution in [1.82, 2.24) is 5.32 Å². The number of benzene rings is 1. The molecule has 1 aromatic rings. The van der Waals surface area contributed by atoms with Crippen LogP contribution in [0.15, 0.2) is 30.3 Å². The van der Waals surface area contributed by atoms with Gasteiger partial charge >= 0.3 is 5.97 Å². The zero-order valence-corrected chi connectivity index (χ0v) is 8.94. The van der Waals surface area contributed by atoms with Gasteiger partial charge in [0.15, 0.2) is 0 Å². The quantitative estimate of drug-likeness (QED) is 0.698. The molecule has 3 heteroatoms. The summed E-state index contributed by atoms with van der Waals surface area (Å²) in [7, 11) is 0. The van der Waals surface area contributed by atoms with Crippen LogP contribution in [0.5, 0.6) is 0 Å². The molecule has 0 heterocycles. The molecule has 0 aliphatic carbocycles. The number of aryl methyl sites for hydroxylation is 1. The predicted molar refractivity (Wildman–Crippen MR) is 59.9 cm³/mol. The van der Waals surface area contributed by atoms with E-state index in [1.54, 1.807) is 6.92 Å². The molecule has 0 saturated carbocycles. The Bertz CT molecular complexity index is 298. The van der Waals surface area contributed by atoms with E-state index >= 15 is 0 Å². The highest BCUT2D eigenvalue weighted by molar-refractivity contribution is 5.72. The summed E-state index contributed by atoms with van der Waals surface area (Å²) < 4.78 is 0. The number of hydrogen-bond donors (Lipinski definition) is 2. The van der Waals surface area contributed by atoms with E-state index in [0.29, 0.717) is 0 Å². The van der Waals surface area contributed by atoms with Gasteiger partial charge in [-0.25, -0.2) is 0 Å².